The predicted molar refractivity (Wildman–Crippen MR) is 80.9 cm³/mol. The fraction of sp³-hybridized carbons (Fsp3) is 0.733. The molecule has 0 bridgehead atoms. The van der Waals surface area contributed by atoms with E-state index in [-0.39, 0.29) is 17.5 Å². The zero-order chi connectivity index (χ0) is 15.6. The van der Waals surface area contributed by atoms with E-state index in [2.05, 4.69) is 10.2 Å². The minimum absolute atomic E-state index is 0.0744. The van der Waals surface area contributed by atoms with Gasteiger partial charge < -0.3 is 10.4 Å². The Bertz CT molecular complexity index is 413. The van der Waals surface area contributed by atoms with Gasteiger partial charge in [0.25, 0.3) is 0 Å². The molecule has 1 aliphatic heterocycles. The molecule has 0 saturated carbocycles. The molecule has 0 aromatic rings. The number of rotatable bonds is 3. The Balaban J connectivity index is 2.68. The molecule has 1 fully saturated rings. The third-order valence-corrected chi connectivity index (χ3v) is 3.75. The van der Waals surface area contributed by atoms with Crippen molar-refractivity contribution in [2.75, 3.05) is 13.1 Å². The maximum Gasteiger partial charge on any atom is 0.245 e. The van der Waals surface area contributed by atoms with Gasteiger partial charge in [-0.2, -0.15) is 0 Å². The number of nitrogens with one attached hydrogen (secondary N) is 2. The molecule has 0 spiro atoms. The van der Waals surface area contributed by atoms with Crippen LogP contribution < -0.4 is 5.32 Å². The van der Waals surface area contributed by atoms with Crippen molar-refractivity contribution in [3.63, 3.8) is 0 Å². The highest BCUT2D eigenvalue weighted by atomic mass is 16.3. The number of carbonyl (C=O) groups excluding carboxylic acids is 1. The van der Waals surface area contributed by atoms with E-state index in [0.29, 0.717) is 0 Å². The largest absolute Gasteiger partial charge is 0.512 e. The van der Waals surface area contributed by atoms with E-state index < -0.39 is 11.0 Å². The van der Waals surface area contributed by atoms with Gasteiger partial charge in [0.05, 0.1) is 5.54 Å². The van der Waals surface area contributed by atoms with Crippen LogP contribution in [0, 0.1) is 10.8 Å². The maximum absolute atomic E-state index is 12.3. The second-order valence-corrected chi connectivity index (χ2v) is 6.90. The Morgan fingerprint density at radius 1 is 1.20 bits per heavy atom. The second-order valence-electron chi connectivity index (χ2n) is 6.90. The summed E-state index contributed by atoms with van der Waals surface area (Å²) >= 11 is 0. The Hall–Kier alpha value is -1.36. The molecule has 0 radical (unpaired) electrons. The fourth-order valence-corrected chi connectivity index (χ4v) is 2.08. The van der Waals surface area contributed by atoms with Gasteiger partial charge in [0.15, 0.2) is 0 Å². The molecule has 5 heteroatoms. The van der Waals surface area contributed by atoms with Gasteiger partial charge in [-0.1, -0.05) is 20.8 Å². The van der Waals surface area contributed by atoms with E-state index in [1.54, 1.807) is 0 Å². The SMILES string of the molecule is CC(C)(C)/C(O)=C/C(=N)NC(=O)C(C)(C)N1CCCC1. The van der Waals surface area contributed by atoms with E-state index in [1.165, 1.54) is 6.08 Å². The van der Waals surface area contributed by atoms with Crippen LogP contribution in [0.5, 0.6) is 0 Å². The molecule has 1 amide bonds. The number of hydrogen-bond donors (Lipinski definition) is 3. The Labute approximate surface area is 121 Å². The highest BCUT2D eigenvalue weighted by molar-refractivity contribution is 6.05. The number of amides is 1. The van der Waals surface area contributed by atoms with E-state index >= 15 is 0 Å². The molecule has 0 aromatic carbocycles. The van der Waals surface area contributed by atoms with Crippen molar-refractivity contribution >= 4 is 11.7 Å². The quantitative estimate of drug-likeness (QED) is 0.422. The van der Waals surface area contributed by atoms with Crippen LogP contribution in [0.1, 0.15) is 47.5 Å². The van der Waals surface area contributed by atoms with E-state index in [9.17, 15) is 9.90 Å². The van der Waals surface area contributed by atoms with Gasteiger partial charge in [-0.3, -0.25) is 15.1 Å². The summed E-state index contributed by atoms with van der Waals surface area (Å²) in [6, 6.07) is 0. The lowest BCUT2D eigenvalue weighted by Crippen LogP contribution is -2.54. The summed E-state index contributed by atoms with van der Waals surface area (Å²) in [6.07, 6.45) is 3.52. The molecule has 0 atom stereocenters. The summed E-state index contributed by atoms with van der Waals surface area (Å²) in [4.78, 5) is 14.4. The van der Waals surface area contributed by atoms with Crippen molar-refractivity contribution in [2.24, 2.45) is 5.41 Å². The summed E-state index contributed by atoms with van der Waals surface area (Å²) in [5, 5.41) is 20.2. The van der Waals surface area contributed by atoms with Crippen LogP contribution in [-0.4, -0.2) is 40.4 Å². The Morgan fingerprint density at radius 2 is 1.70 bits per heavy atom. The van der Waals surface area contributed by atoms with Gasteiger partial charge in [-0.05, 0) is 39.8 Å². The number of likely N-dealkylation sites (tertiary alicyclic amines) is 1. The minimum atomic E-state index is -0.631. The molecule has 1 aliphatic rings. The molecule has 0 aliphatic carbocycles. The van der Waals surface area contributed by atoms with Crippen LogP contribution >= 0.6 is 0 Å². The van der Waals surface area contributed by atoms with Crippen molar-refractivity contribution in [3.8, 4) is 0 Å². The topological polar surface area (TPSA) is 76.4 Å². The molecular formula is C15H27N3O2. The van der Waals surface area contributed by atoms with E-state index in [0.717, 1.165) is 25.9 Å². The average molecular weight is 281 g/mol. The molecule has 0 unspecified atom stereocenters. The average Bonchev–Trinajstić information content (AvgIpc) is 2.80. The lowest BCUT2D eigenvalue weighted by atomic mass is 9.93. The lowest BCUT2D eigenvalue weighted by Gasteiger charge is -2.33. The predicted octanol–water partition coefficient (Wildman–Crippen LogP) is 2.44. The standard InChI is InChI=1S/C15H27N3O2/c1-14(2,3)11(19)10-12(16)17-13(20)15(4,5)18-8-6-7-9-18/h10,19H,6-9H2,1-5H3,(H2,16,17,20)/b11-10-. The highest BCUT2D eigenvalue weighted by Crippen LogP contribution is 2.23. The summed E-state index contributed by atoms with van der Waals surface area (Å²) in [5.74, 6) is -0.196. The number of aliphatic hydroxyl groups is 1. The first-order valence-corrected chi connectivity index (χ1v) is 7.11. The van der Waals surface area contributed by atoms with Gasteiger partial charge >= 0.3 is 0 Å². The molecule has 114 valence electrons. The summed E-state index contributed by atoms with van der Waals surface area (Å²) in [5.41, 5.74) is -1.06. The monoisotopic (exact) mass is 281 g/mol. The van der Waals surface area contributed by atoms with Crippen molar-refractivity contribution in [2.45, 2.75) is 53.0 Å². The van der Waals surface area contributed by atoms with Crippen molar-refractivity contribution in [1.82, 2.24) is 10.2 Å². The first-order valence-electron chi connectivity index (χ1n) is 7.11. The van der Waals surface area contributed by atoms with Gasteiger partial charge in [-0.15, -0.1) is 0 Å². The zero-order valence-electron chi connectivity index (χ0n) is 13.2. The van der Waals surface area contributed by atoms with Gasteiger partial charge in [0.2, 0.25) is 5.91 Å². The molecule has 5 nitrogen and oxygen atoms in total. The fourth-order valence-electron chi connectivity index (χ4n) is 2.08. The Morgan fingerprint density at radius 3 is 2.15 bits per heavy atom. The molecule has 0 aromatic heterocycles. The third kappa shape index (κ3) is 4.07. The lowest BCUT2D eigenvalue weighted by molar-refractivity contribution is -0.129. The van der Waals surface area contributed by atoms with Gasteiger partial charge in [-0.25, -0.2) is 0 Å². The van der Waals surface area contributed by atoms with E-state index in [4.69, 9.17) is 5.41 Å². The molecule has 20 heavy (non-hydrogen) atoms. The molecule has 1 heterocycles. The smallest absolute Gasteiger partial charge is 0.245 e. The third-order valence-electron chi connectivity index (χ3n) is 3.75. The van der Waals surface area contributed by atoms with Gasteiger partial charge in [0.1, 0.15) is 11.6 Å². The molecule has 3 N–H and O–H groups in total. The van der Waals surface area contributed by atoms with Crippen molar-refractivity contribution in [3.05, 3.63) is 11.8 Å². The van der Waals surface area contributed by atoms with Crippen molar-refractivity contribution in [1.29, 1.82) is 5.41 Å². The number of aliphatic hydroxyl groups excluding tert-OH is 1. The summed E-state index contributed by atoms with van der Waals surface area (Å²) < 4.78 is 0. The normalized spacial score (nSPS) is 18.1. The van der Waals surface area contributed by atoms with Crippen LogP contribution in [-0.2, 0) is 4.79 Å². The van der Waals surface area contributed by atoms with Crippen LogP contribution in [0.25, 0.3) is 0 Å². The second kappa shape index (κ2) is 5.95. The number of hydrogen-bond acceptors (Lipinski definition) is 4. The van der Waals surface area contributed by atoms with Crippen LogP contribution in [0.2, 0.25) is 0 Å². The number of carbonyl (C=O) groups is 1. The summed E-state index contributed by atoms with van der Waals surface area (Å²) in [7, 11) is 0. The first-order chi connectivity index (χ1) is 9.05. The van der Waals surface area contributed by atoms with Crippen molar-refractivity contribution < 1.29 is 9.90 Å². The highest BCUT2D eigenvalue weighted by Gasteiger charge is 2.36. The Kier molecular flexibility index (Phi) is 4.97. The van der Waals surface area contributed by atoms with Crippen LogP contribution in [0.15, 0.2) is 11.8 Å². The number of allylic oxidation sites excluding steroid dienone is 1. The van der Waals surface area contributed by atoms with Gasteiger partial charge in [0, 0.05) is 11.5 Å². The van der Waals surface area contributed by atoms with Crippen LogP contribution in [0.4, 0.5) is 0 Å². The molecule has 1 saturated heterocycles. The minimum Gasteiger partial charge on any atom is -0.512 e. The molecule has 1 rings (SSSR count). The van der Waals surface area contributed by atoms with E-state index in [1.807, 2.05) is 34.6 Å². The summed E-state index contributed by atoms with van der Waals surface area (Å²) in [6.45, 7) is 11.1. The number of nitrogens with zero attached hydrogens (tertiary/aromatic N) is 1. The maximum atomic E-state index is 12.3. The first kappa shape index (κ1) is 16.7. The zero-order valence-corrected chi connectivity index (χ0v) is 13.2. The molecular weight excluding hydrogens is 254 g/mol. The van der Waals surface area contributed by atoms with Crippen LogP contribution in [0.3, 0.4) is 0 Å². The number of amidine groups is 1.